The molecule has 0 spiro atoms. The maximum absolute atomic E-state index is 14.3. The molecule has 1 saturated carbocycles. The summed E-state index contributed by atoms with van der Waals surface area (Å²) >= 11 is 5.90. The lowest BCUT2D eigenvalue weighted by atomic mass is 9.93. The highest BCUT2D eigenvalue weighted by Crippen LogP contribution is 2.36. The monoisotopic (exact) mass is 301 g/mol. The van der Waals surface area contributed by atoms with Gasteiger partial charge in [0.25, 0.3) is 0 Å². The van der Waals surface area contributed by atoms with Crippen molar-refractivity contribution in [1.82, 2.24) is 5.32 Å². The van der Waals surface area contributed by atoms with Gasteiger partial charge in [-0.3, -0.25) is 4.79 Å². The first kappa shape index (κ1) is 15.1. The van der Waals surface area contributed by atoms with Gasteiger partial charge in [-0.2, -0.15) is 0 Å². The van der Waals surface area contributed by atoms with Crippen molar-refractivity contribution in [3.8, 4) is 11.5 Å². The number of esters is 1. The van der Waals surface area contributed by atoms with E-state index in [-0.39, 0.29) is 10.8 Å². The van der Waals surface area contributed by atoms with Gasteiger partial charge in [-0.1, -0.05) is 18.0 Å². The lowest BCUT2D eigenvalue weighted by molar-refractivity contribution is -0.131. The van der Waals surface area contributed by atoms with Crippen LogP contribution in [-0.2, 0) is 11.3 Å². The summed E-state index contributed by atoms with van der Waals surface area (Å²) in [5.74, 6) is -0.890. The summed E-state index contributed by atoms with van der Waals surface area (Å²) in [6.07, 6.45) is 3.40. The maximum Gasteiger partial charge on any atom is 0.308 e. The van der Waals surface area contributed by atoms with Gasteiger partial charge < -0.3 is 14.8 Å². The molecule has 1 aliphatic rings. The van der Waals surface area contributed by atoms with Crippen LogP contribution in [0.3, 0.4) is 0 Å². The second-order valence-corrected chi connectivity index (χ2v) is 5.16. The van der Waals surface area contributed by atoms with E-state index >= 15 is 0 Å². The zero-order chi connectivity index (χ0) is 14.7. The van der Waals surface area contributed by atoms with Crippen molar-refractivity contribution in [3.63, 3.8) is 0 Å². The van der Waals surface area contributed by atoms with Gasteiger partial charge in [-0.25, -0.2) is 4.39 Å². The van der Waals surface area contributed by atoms with E-state index in [1.165, 1.54) is 26.5 Å². The third kappa shape index (κ3) is 3.22. The molecule has 0 aliphatic heterocycles. The third-order valence-electron chi connectivity index (χ3n) is 3.38. The molecular formula is C14H17ClFNO3. The second kappa shape index (κ2) is 6.41. The number of hydrogen-bond acceptors (Lipinski definition) is 4. The Morgan fingerprint density at radius 1 is 1.50 bits per heavy atom. The number of halogens is 2. The third-order valence-corrected chi connectivity index (χ3v) is 3.73. The molecule has 1 N–H and O–H groups in total. The quantitative estimate of drug-likeness (QED) is 0.671. The Bertz CT molecular complexity index is 518. The fourth-order valence-corrected chi connectivity index (χ4v) is 2.26. The molecule has 0 unspecified atom stereocenters. The molecule has 4 nitrogen and oxygen atoms in total. The first-order chi connectivity index (χ1) is 9.52. The first-order valence-electron chi connectivity index (χ1n) is 6.49. The number of hydrogen-bond donors (Lipinski definition) is 1. The van der Waals surface area contributed by atoms with E-state index in [4.69, 9.17) is 21.1 Å². The highest BCUT2D eigenvalue weighted by Gasteiger charge is 2.22. The second-order valence-electron chi connectivity index (χ2n) is 4.79. The maximum atomic E-state index is 14.3. The zero-order valence-corrected chi connectivity index (χ0v) is 12.2. The Hall–Kier alpha value is -1.33. The van der Waals surface area contributed by atoms with E-state index in [1.54, 1.807) is 0 Å². The van der Waals surface area contributed by atoms with Crippen molar-refractivity contribution in [2.24, 2.45) is 0 Å². The van der Waals surface area contributed by atoms with Crippen LogP contribution in [-0.4, -0.2) is 19.1 Å². The van der Waals surface area contributed by atoms with E-state index in [9.17, 15) is 9.18 Å². The lowest BCUT2D eigenvalue weighted by Crippen LogP contribution is -2.34. The normalized spacial score (nSPS) is 14.8. The Morgan fingerprint density at radius 3 is 2.70 bits per heavy atom. The molecule has 0 radical (unpaired) electrons. The number of rotatable bonds is 5. The standard InChI is InChI=1S/C14H17ClFNO3/c1-8(18)20-12-6-11(19-2)10(14(16)13(12)15)7-17-9-4-3-5-9/h6,9,17H,3-5,7H2,1-2H3. The van der Waals surface area contributed by atoms with Gasteiger partial charge in [0.2, 0.25) is 0 Å². The van der Waals surface area contributed by atoms with Crippen LogP contribution in [0, 0.1) is 5.82 Å². The molecular weight excluding hydrogens is 285 g/mol. The molecule has 6 heteroatoms. The molecule has 0 bridgehead atoms. The molecule has 1 fully saturated rings. The van der Waals surface area contributed by atoms with Crippen molar-refractivity contribution in [2.45, 2.75) is 38.8 Å². The highest BCUT2D eigenvalue weighted by atomic mass is 35.5. The van der Waals surface area contributed by atoms with Crippen molar-refractivity contribution >= 4 is 17.6 Å². The van der Waals surface area contributed by atoms with Crippen LogP contribution in [0.4, 0.5) is 4.39 Å². The molecule has 2 rings (SSSR count). The van der Waals surface area contributed by atoms with Crippen molar-refractivity contribution in [3.05, 3.63) is 22.5 Å². The van der Waals surface area contributed by atoms with Gasteiger partial charge in [-0.05, 0) is 12.8 Å². The molecule has 20 heavy (non-hydrogen) atoms. The Kier molecular flexibility index (Phi) is 4.83. The summed E-state index contributed by atoms with van der Waals surface area (Å²) in [5.41, 5.74) is 0.348. The number of methoxy groups -OCH3 is 1. The summed E-state index contributed by atoms with van der Waals surface area (Å²) in [5, 5.41) is 3.05. The average Bonchev–Trinajstić information content (AvgIpc) is 2.35. The molecule has 1 aromatic carbocycles. The topological polar surface area (TPSA) is 47.6 Å². The fourth-order valence-electron chi connectivity index (χ4n) is 2.05. The van der Waals surface area contributed by atoms with Crippen LogP contribution in [0.15, 0.2) is 6.07 Å². The predicted molar refractivity (Wildman–Crippen MR) is 73.7 cm³/mol. The zero-order valence-electron chi connectivity index (χ0n) is 11.5. The summed E-state index contributed by atoms with van der Waals surface area (Å²) in [6.45, 7) is 1.56. The predicted octanol–water partition coefficient (Wildman–Crippen LogP) is 3.06. The van der Waals surface area contributed by atoms with E-state index in [0.29, 0.717) is 23.9 Å². The molecule has 0 aromatic heterocycles. The Morgan fingerprint density at radius 2 is 2.20 bits per heavy atom. The van der Waals surface area contributed by atoms with Crippen LogP contribution in [0.2, 0.25) is 5.02 Å². The minimum absolute atomic E-state index is 0.0269. The lowest BCUT2D eigenvalue weighted by Gasteiger charge is -2.27. The summed E-state index contributed by atoms with van der Waals surface area (Å²) in [4.78, 5) is 11.0. The van der Waals surface area contributed by atoms with Gasteiger partial charge in [0.15, 0.2) is 11.6 Å². The van der Waals surface area contributed by atoms with Crippen LogP contribution in [0.5, 0.6) is 11.5 Å². The number of ether oxygens (including phenoxy) is 2. The van der Waals surface area contributed by atoms with Crippen LogP contribution < -0.4 is 14.8 Å². The number of nitrogens with one attached hydrogen (secondary N) is 1. The van der Waals surface area contributed by atoms with Gasteiger partial charge in [0.1, 0.15) is 10.8 Å². The van der Waals surface area contributed by atoms with E-state index in [2.05, 4.69) is 5.32 Å². The summed E-state index contributed by atoms with van der Waals surface area (Å²) in [6, 6.07) is 1.86. The molecule has 1 aliphatic carbocycles. The molecule has 0 amide bonds. The number of carbonyl (C=O) groups is 1. The SMILES string of the molecule is COc1cc(OC(C)=O)c(Cl)c(F)c1CNC1CCC1. The van der Waals surface area contributed by atoms with Gasteiger partial charge in [0.05, 0.1) is 7.11 Å². The molecule has 1 aromatic rings. The number of benzene rings is 1. The highest BCUT2D eigenvalue weighted by molar-refractivity contribution is 6.32. The largest absolute Gasteiger partial charge is 0.496 e. The minimum Gasteiger partial charge on any atom is -0.496 e. The van der Waals surface area contributed by atoms with Gasteiger partial charge >= 0.3 is 5.97 Å². The van der Waals surface area contributed by atoms with Crippen molar-refractivity contribution in [2.75, 3.05) is 7.11 Å². The molecule has 0 saturated heterocycles. The Labute approximate surface area is 122 Å². The fraction of sp³-hybridized carbons (Fsp3) is 0.500. The van der Waals surface area contributed by atoms with Gasteiger partial charge in [-0.15, -0.1) is 0 Å². The van der Waals surface area contributed by atoms with E-state index in [0.717, 1.165) is 12.8 Å². The van der Waals surface area contributed by atoms with Crippen LogP contribution in [0.25, 0.3) is 0 Å². The van der Waals surface area contributed by atoms with Crippen LogP contribution >= 0.6 is 11.6 Å². The Balaban J connectivity index is 2.25. The van der Waals surface area contributed by atoms with E-state index < -0.39 is 11.8 Å². The summed E-state index contributed by atoms with van der Waals surface area (Å²) in [7, 11) is 1.44. The summed E-state index contributed by atoms with van der Waals surface area (Å²) < 4.78 is 24.3. The first-order valence-corrected chi connectivity index (χ1v) is 6.87. The minimum atomic E-state index is -0.617. The molecule has 0 heterocycles. The van der Waals surface area contributed by atoms with Crippen molar-refractivity contribution < 1.29 is 18.7 Å². The van der Waals surface area contributed by atoms with Crippen molar-refractivity contribution in [1.29, 1.82) is 0 Å². The van der Waals surface area contributed by atoms with Gasteiger partial charge in [0, 0.05) is 31.1 Å². The molecule has 110 valence electrons. The average molecular weight is 302 g/mol. The van der Waals surface area contributed by atoms with E-state index in [1.807, 2.05) is 0 Å². The molecule has 0 atom stereocenters. The smallest absolute Gasteiger partial charge is 0.308 e. The van der Waals surface area contributed by atoms with Crippen LogP contribution in [0.1, 0.15) is 31.7 Å². The number of carbonyl (C=O) groups excluding carboxylic acids is 1.